The number of aromatic nitrogens is 4. The molecule has 6 nitrogen and oxygen atoms in total. The van der Waals surface area contributed by atoms with E-state index in [4.69, 9.17) is 0 Å². The van der Waals surface area contributed by atoms with Gasteiger partial charge in [-0.2, -0.15) is 0 Å². The molecule has 0 bridgehead atoms. The highest BCUT2D eigenvalue weighted by Gasteiger charge is 2.33. The molecule has 5 rings (SSSR count). The van der Waals surface area contributed by atoms with Crippen LogP contribution >= 0.6 is 0 Å². The molecule has 0 unspecified atom stereocenters. The fourth-order valence-electron chi connectivity index (χ4n) is 5.24. The molecule has 3 aromatic rings. The summed E-state index contributed by atoms with van der Waals surface area (Å²) in [4.78, 5) is 5.12. The molecule has 7 heteroatoms. The van der Waals surface area contributed by atoms with Crippen LogP contribution in [-0.4, -0.2) is 62.2 Å². The van der Waals surface area contributed by atoms with E-state index in [1.165, 1.54) is 43.4 Å². The van der Waals surface area contributed by atoms with Gasteiger partial charge in [0.05, 0.1) is 6.04 Å². The molecule has 1 aliphatic heterocycles. The van der Waals surface area contributed by atoms with E-state index in [2.05, 4.69) is 49.6 Å². The van der Waals surface area contributed by atoms with Gasteiger partial charge in [0.1, 0.15) is 5.82 Å². The second kappa shape index (κ2) is 9.88. The van der Waals surface area contributed by atoms with E-state index in [0.717, 1.165) is 50.0 Å². The Kier molecular flexibility index (Phi) is 6.55. The zero-order valence-corrected chi connectivity index (χ0v) is 18.5. The largest absolute Gasteiger partial charge is 0.298 e. The van der Waals surface area contributed by atoms with Crippen molar-refractivity contribution in [2.75, 3.05) is 26.2 Å². The van der Waals surface area contributed by atoms with Gasteiger partial charge in [0.15, 0.2) is 5.82 Å². The topological polar surface area (TPSA) is 50.1 Å². The van der Waals surface area contributed by atoms with E-state index >= 15 is 0 Å². The van der Waals surface area contributed by atoms with Crippen molar-refractivity contribution in [3.05, 3.63) is 77.4 Å². The third kappa shape index (κ3) is 4.74. The Bertz CT molecular complexity index is 975. The highest BCUT2D eigenvalue weighted by molar-refractivity contribution is 5.26. The number of halogens is 1. The first-order chi connectivity index (χ1) is 15.8. The van der Waals surface area contributed by atoms with E-state index in [1.54, 1.807) is 0 Å². The van der Waals surface area contributed by atoms with Crippen LogP contribution in [0.3, 0.4) is 0 Å². The number of aryl methyl sites for hydroxylation is 2. The number of tetrazole rings is 1. The van der Waals surface area contributed by atoms with Crippen LogP contribution in [0.2, 0.25) is 0 Å². The molecule has 0 radical (unpaired) electrons. The lowest BCUT2D eigenvalue weighted by atomic mass is 10.0. The molecular formula is C25H31FN6. The first kappa shape index (κ1) is 21.2. The summed E-state index contributed by atoms with van der Waals surface area (Å²) in [5.74, 6) is 0.615. The zero-order chi connectivity index (χ0) is 21.8. The maximum atomic E-state index is 13.7. The van der Waals surface area contributed by atoms with Crippen molar-refractivity contribution in [2.24, 2.45) is 0 Å². The van der Waals surface area contributed by atoms with Gasteiger partial charge in [0.25, 0.3) is 0 Å². The van der Waals surface area contributed by atoms with Gasteiger partial charge in [-0.25, -0.2) is 9.07 Å². The lowest BCUT2D eigenvalue weighted by molar-refractivity contribution is 0.0770. The van der Waals surface area contributed by atoms with E-state index in [0.29, 0.717) is 6.54 Å². The van der Waals surface area contributed by atoms with Crippen molar-refractivity contribution in [1.29, 1.82) is 0 Å². The fourth-order valence-corrected chi connectivity index (χ4v) is 5.24. The number of benzene rings is 2. The van der Waals surface area contributed by atoms with Gasteiger partial charge < -0.3 is 0 Å². The number of hydrogen-bond acceptors (Lipinski definition) is 5. The maximum Gasteiger partial charge on any atom is 0.173 e. The van der Waals surface area contributed by atoms with Crippen molar-refractivity contribution in [1.82, 2.24) is 30.0 Å². The van der Waals surface area contributed by atoms with Gasteiger partial charge in [-0.1, -0.05) is 55.3 Å². The van der Waals surface area contributed by atoms with Crippen molar-refractivity contribution in [3.8, 4) is 0 Å². The van der Waals surface area contributed by atoms with E-state index in [9.17, 15) is 4.39 Å². The minimum absolute atomic E-state index is 0.0768. The van der Waals surface area contributed by atoms with E-state index in [1.807, 2.05) is 22.9 Å². The van der Waals surface area contributed by atoms with Crippen LogP contribution in [0.4, 0.5) is 4.39 Å². The van der Waals surface area contributed by atoms with Crippen molar-refractivity contribution in [2.45, 2.75) is 50.7 Å². The molecular weight excluding hydrogens is 403 g/mol. The van der Waals surface area contributed by atoms with Crippen molar-refractivity contribution >= 4 is 0 Å². The summed E-state index contributed by atoms with van der Waals surface area (Å²) in [6, 6.07) is 17.9. The summed E-state index contributed by atoms with van der Waals surface area (Å²) < 4.78 is 15.6. The third-order valence-corrected chi connectivity index (χ3v) is 7.00. The van der Waals surface area contributed by atoms with Crippen LogP contribution in [0.1, 0.15) is 48.7 Å². The normalized spacial score (nSPS) is 19.4. The van der Waals surface area contributed by atoms with Crippen LogP contribution in [-0.2, 0) is 13.0 Å². The molecule has 0 amide bonds. The summed E-state index contributed by atoms with van der Waals surface area (Å²) in [6.45, 7) is 4.77. The Morgan fingerprint density at radius 3 is 2.34 bits per heavy atom. The average Bonchev–Trinajstić information content (AvgIpc) is 3.53. The lowest BCUT2D eigenvalue weighted by Crippen LogP contribution is -2.51. The zero-order valence-electron chi connectivity index (χ0n) is 18.5. The number of nitrogens with zero attached hydrogens (tertiary/aromatic N) is 6. The molecule has 2 aliphatic rings. The second-order valence-electron chi connectivity index (χ2n) is 8.96. The molecule has 0 spiro atoms. The van der Waals surface area contributed by atoms with Gasteiger partial charge in [-0.15, -0.1) is 5.10 Å². The molecule has 32 heavy (non-hydrogen) atoms. The third-order valence-electron chi connectivity index (χ3n) is 7.00. The van der Waals surface area contributed by atoms with Crippen molar-refractivity contribution < 1.29 is 4.39 Å². The predicted molar refractivity (Wildman–Crippen MR) is 122 cm³/mol. The number of hydrogen-bond donors (Lipinski definition) is 0. The molecule has 1 aliphatic carbocycles. The smallest absolute Gasteiger partial charge is 0.173 e. The Hall–Kier alpha value is -2.64. The van der Waals surface area contributed by atoms with Gasteiger partial charge in [0.2, 0.25) is 0 Å². The Balaban J connectivity index is 1.36. The summed E-state index contributed by atoms with van der Waals surface area (Å²) in [6.07, 6.45) is 6.25. The Morgan fingerprint density at radius 2 is 1.62 bits per heavy atom. The molecule has 2 fully saturated rings. The molecule has 1 aromatic heterocycles. The molecule has 2 aromatic carbocycles. The van der Waals surface area contributed by atoms with E-state index < -0.39 is 0 Å². The molecule has 168 valence electrons. The van der Waals surface area contributed by atoms with Gasteiger partial charge in [0, 0.05) is 38.8 Å². The average molecular weight is 435 g/mol. The minimum atomic E-state index is -0.220. The summed E-state index contributed by atoms with van der Waals surface area (Å²) in [5, 5.41) is 12.8. The second-order valence-corrected chi connectivity index (χ2v) is 8.96. The van der Waals surface area contributed by atoms with Crippen molar-refractivity contribution in [3.63, 3.8) is 0 Å². The number of rotatable bonds is 7. The van der Waals surface area contributed by atoms with Crippen LogP contribution in [0.5, 0.6) is 0 Å². The first-order valence-corrected chi connectivity index (χ1v) is 11.8. The SMILES string of the molecule is Fc1ccc([C@@H](c2nnnn2CCc2ccccc2)N2CCN(C3CCCC3)CC2)cc1. The standard InChI is InChI=1S/C25H31FN6/c26-22-12-10-21(11-13-22)24(31-18-16-30(17-19-31)23-8-4-5-9-23)25-27-28-29-32(25)15-14-20-6-2-1-3-7-20/h1-3,6-7,10-13,23-24H,4-5,8-9,14-19H2/t24-/m0/s1. The summed E-state index contributed by atoms with van der Waals surface area (Å²) in [7, 11) is 0. The Morgan fingerprint density at radius 1 is 0.906 bits per heavy atom. The van der Waals surface area contributed by atoms with Crippen LogP contribution in [0.15, 0.2) is 54.6 Å². The minimum Gasteiger partial charge on any atom is -0.298 e. The number of piperazine rings is 1. The fraction of sp³-hybridized carbons (Fsp3) is 0.480. The Labute approximate surface area is 189 Å². The molecule has 2 heterocycles. The molecule has 1 atom stereocenters. The van der Waals surface area contributed by atoms with Crippen LogP contribution in [0, 0.1) is 5.82 Å². The molecule has 1 saturated heterocycles. The van der Waals surface area contributed by atoms with Crippen LogP contribution in [0.25, 0.3) is 0 Å². The highest BCUT2D eigenvalue weighted by atomic mass is 19.1. The summed E-state index contributed by atoms with van der Waals surface area (Å²) in [5.41, 5.74) is 2.30. The quantitative estimate of drug-likeness (QED) is 0.568. The first-order valence-electron chi connectivity index (χ1n) is 11.8. The maximum absolute atomic E-state index is 13.7. The lowest BCUT2D eigenvalue weighted by Gasteiger charge is -2.41. The van der Waals surface area contributed by atoms with E-state index in [-0.39, 0.29) is 11.9 Å². The van der Waals surface area contributed by atoms with Gasteiger partial charge in [-0.3, -0.25) is 9.80 Å². The van der Waals surface area contributed by atoms with Gasteiger partial charge in [-0.05, 0) is 52.9 Å². The summed E-state index contributed by atoms with van der Waals surface area (Å²) >= 11 is 0. The van der Waals surface area contributed by atoms with Crippen LogP contribution < -0.4 is 0 Å². The van der Waals surface area contributed by atoms with Gasteiger partial charge >= 0.3 is 0 Å². The molecule has 0 N–H and O–H groups in total. The highest BCUT2D eigenvalue weighted by Crippen LogP contribution is 2.30. The predicted octanol–water partition coefficient (Wildman–Crippen LogP) is 3.70. The molecule has 1 saturated carbocycles. The monoisotopic (exact) mass is 434 g/mol.